The van der Waals surface area contributed by atoms with Gasteiger partial charge in [-0.05, 0) is 55.0 Å². The SMILES string of the molecule is O=C(C[C@H](Cc1cc(Cl)c(O)c(C(F)(F)F)c1)C(=O)N1CC[N+]([O-])(C2CCOCC2)CC1)N1CCC(N2CCc3ccccc3NC2=O)CC1. The summed E-state index contributed by atoms with van der Waals surface area (Å²) in [5.41, 5.74) is 0.591. The van der Waals surface area contributed by atoms with Crippen LogP contribution >= 0.6 is 11.6 Å². The third kappa shape index (κ3) is 7.98. The van der Waals surface area contributed by atoms with E-state index in [0.29, 0.717) is 65.0 Å². The van der Waals surface area contributed by atoms with Crippen LogP contribution < -0.4 is 5.32 Å². The Balaban J connectivity index is 1.14. The van der Waals surface area contributed by atoms with E-state index in [9.17, 15) is 37.9 Å². The Bertz CT molecular complexity index is 1570. The molecule has 272 valence electrons. The standard InChI is InChI=1S/C35H43ClF3N5O6/c36-29-21-23(20-28(32(29)46)35(37,38)39)19-25(33(47)42-13-15-44(49,16-14-42)27-8-17-50-18-9-27)22-31(45)41-10-6-26(7-11-41)43-12-5-24-3-1-2-4-30(24)40-34(43)48/h1-4,20-21,25-27,46H,5-19,22H2,(H,40,48)/t25-/m0/s1. The number of rotatable bonds is 7. The van der Waals surface area contributed by atoms with Gasteiger partial charge in [-0.3, -0.25) is 9.59 Å². The van der Waals surface area contributed by atoms with Gasteiger partial charge in [0.15, 0.2) is 0 Å². The summed E-state index contributed by atoms with van der Waals surface area (Å²) in [7, 11) is 0. The van der Waals surface area contributed by atoms with E-state index in [0.717, 1.165) is 17.3 Å². The van der Waals surface area contributed by atoms with Crippen LogP contribution in [0, 0.1) is 11.1 Å². The summed E-state index contributed by atoms with van der Waals surface area (Å²) in [5.74, 6) is -2.85. The largest absolute Gasteiger partial charge is 0.632 e. The van der Waals surface area contributed by atoms with Gasteiger partial charge in [0.2, 0.25) is 11.8 Å². The van der Waals surface area contributed by atoms with Crippen LogP contribution in [0.2, 0.25) is 5.02 Å². The van der Waals surface area contributed by atoms with Gasteiger partial charge in [-0.25, -0.2) is 4.79 Å². The highest BCUT2D eigenvalue weighted by molar-refractivity contribution is 6.32. The predicted octanol–water partition coefficient (Wildman–Crippen LogP) is 5.03. The van der Waals surface area contributed by atoms with Crippen LogP contribution in [0.3, 0.4) is 0 Å². The number of quaternary nitrogens is 1. The van der Waals surface area contributed by atoms with E-state index in [1.807, 2.05) is 29.2 Å². The number of halogens is 4. The molecule has 0 spiro atoms. The number of phenols is 1. The summed E-state index contributed by atoms with van der Waals surface area (Å²) in [5, 5.41) is 26.1. The minimum absolute atomic E-state index is 0.0614. The number of hydrogen-bond donors (Lipinski definition) is 2. The topological polar surface area (TPSA) is 125 Å². The lowest BCUT2D eigenvalue weighted by Crippen LogP contribution is -2.63. The zero-order chi connectivity index (χ0) is 35.6. The van der Waals surface area contributed by atoms with E-state index in [2.05, 4.69) is 5.32 Å². The van der Waals surface area contributed by atoms with Crippen LogP contribution in [0.1, 0.15) is 48.8 Å². The molecule has 2 aromatic carbocycles. The number of alkyl halides is 3. The summed E-state index contributed by atoms with van der Waals surface area (Å²) in [6.45, 7) is 3.00. The van der Waals surface area contributed by atoms with Gasteiger partial charge in [-0.15, -0.1) is 0 Å². The van der Waals surface area contributed by atoms with Gasteiger partial charge >= 0.3 is 12.2 Å². The van der Waals surface area contributed by atoms with E-state index < -0.39 is 39.0 Å². The maximum absolute atomic E-state index is 14.0. The number of phenolic OH excluding ortho intramolecular Hbond substituents is 1. The molecule has 11 nitrogen and oxygen atoms in total. The minimum atomic E-state index is -4.89. The number of para-hydroxylation sites is 1. The van der Waals surface area contributed by atoms with Gasteiger partial charge in [0.05, 0.1) is 61.9 Å². The number of ether oxygens (including phenoxy) is 1. The smallest absolute Gasteiger partial charge is 0.420 e. The highest BCUT2D eigenvalue weighted by Gasteiger charge is 2.40. The first-order valence-electron chi connectivity index (χ1n) is 17.3. The lowest BCUT2D eigenvalue weighted by molar-refractivity contribution is -0.910. The lowest BCUT2D eigenvalue weighted by Gasteiger charge is -2.54. The third-order valence-corrected chi connectivity index (χ3v) is 11.0. The van der Waals surface area contributed by atoms with E-state index in [1.165, 1.54) is 6.07 Å². The third-order valence-electron chi connectivity index (χ3n) is 10.7. The van der Waals surface area contributed by atoms with E-state index in [4.69, 9.17) is 16.3 Å². The van der Waals surface area contributed by atoms with Gasteiger partial charge in [-0.2, -0.15) is 13.2 Å². The number of carbonyl (C=O) groups is 3. The number of anilines is 1. The van der Waals surface area contributed by atoms with Crippen LogP contribution in [0.15, 0.2) is 36.4 Å². The molecule has 2 aromatic rings. The van der Waals surface area contributed by atoms with E-state index >= 15 is 0 Å². The van der Waals surface area contributed by atoms with Crippen molar-refractivity contribution in [1.29, 1.82) is 0 Å². The molecule has 0 aliphatic carbocycles. The lowest BCUT2D eigenvalue weighted by atomic mass is 9.92. The summed E-state index contributed by atoms with van der Waals surface area (Å²) in [6, 6.07) is 9.24. The summed E-state index contributed by atoms with van der Waals surface area (Å²) in [4.78, 5) is 45.8. The molecular weight excluding hydrogens is 679 g/mol. The number of urea groups is 1. The molecular formula is C35H43ClF3N5O6. The molecule has 0 unspecified atom stereocenters. The van der Waals surface area contributed by atoms with Gasteiger partial charge < -0.3 is 39.7 Å². The number of amides is 4. The molecule has 0 saturated carbocycles. The van der Waals surface area contributed by atoms with Crippen LogP contribution in [0.4, 0.5) is 23.7 Å². The van der Waals surface area contributed by atoms with Crippen molar-refractivity contribution in [2.75, 3.05) is 64.3 Å². The number of hydrogen-bond acceptors (Lipinski definition) is 6. The van der Waals surface area contributed by atoms with E-state index in [1.54, 1.807) is 9.80 Å². The zero-order valence-electron chi connectivity index (χ0n) is 27.8. The quantitative estimate of drug-likeness (QED) is 0.305. The molecule has 3 saturated heterocycles. The van der Waals surface area contributed by atoms with Gasteiger partial charge in [0, 0.05) is 50.6 Å². The minimum Gasteiger partial charge on any atom is -0.632 e. The molecule has 0 aromatic heterocycles. The Morgan fingerprint density at radius 3 is 2.38 bits per heavy atom. The predicted molar refractivity (Wildman–Crippen MR) is 179 cm³/mol. The average Bonchev–Trinajstić information content (AvgIpc) is 3.27. The number of fused-ring (bicyclic) bond motifs is 1. The molecule has 6 rings (SSSR count). The van der Waals surface area contributed by atoms with Gasteiger partial charge in [0.1, 0.15) is 5.75 Å². The van der Waals surface area contributed by atoms with Crippen molar-refractivity contribution in [2.45, 2.75) is 63.2 Å². The van der Waals surface area contributed by atoms with Gasteiger partial charge in [-0.1, -0.05) is 29.8 Å². The van der Waals surface area contributed by atoms with Crippen molar-refractivity contribution in [1.82, 2.24) is 14.7 Å². The molecule has 0 bridgehead atoms. The second-order valence-corrected chi connectivity index (χ2v) is 14.2. The number of piperidine rings is 1. The second-order valence-electron chi connectivity index (χ2n) is 13.8. The number of nitrogens with zero attached hydrogens (tertiary/aromatic N) is 4. The van der Waals surface area contributed by atoms with Crippen molar-refractivity contribution in [3.05, 3.63) is 63.3 Å². The highest BCUT2D eigenvalue weighted by Crippen LogP contribution is 2.41. The zero-order valence-corrected chi connectivity index (χ0v) is 28.6. The first-order valence-corrected chi connectivity index (χ1v) is 17.7. The highest BCUT2D eigenvalue weighted by atomic mass is 35.5. The maximum atomic E-state index is 14.0. The number of hydroxylamine groups is 3. The Morgan fingerprint density at radius 1 is 1.02 bits per heavy atom. The second kappa shape index (κ2) is 14.9. The van der Waals surface area contributed by atoms with Crippen molar-refractivity contribution in [2.24, 2.45) is 5.92 Å². The fourth-order valence-electron chi connectivity index (χ4n) is 7.83. The molecule has 50 heavy (non-hydrogen) atoms. The summed E-state index contributed by atoms with van der Waals surface area (Å²) >= 11 is 6.00. The number of piperazine rings is 1. The van der Waals surface area contributed by atoms with Crippen LogP contribution in [0.25, 0.3) is 0 Å². The van der Waals surface area contributed by atoms with Crippen molar-refractivity contribution >= 4 is 35.1 Å². The molecule has 0 radical (unpaired) electrons. The summed E-state index contributed by atoms with van der Waals surface area (Å²) in [6.07, 6.45) is -2.29. The first kappa shape index (κ1) is 36.2. The fraction of sp³-hybridized carbons (Fsp3) is 0.571. The molecule has 2 N–H and O–H groups in total. The van der Waals surface area contributed by atoms with Gasteiger partial charge in [0.25, 0.3) is 0 Å². The molecule has 4 aliphatic heterocycles. The molecule has 1 atom stereocenters. The molecule has 4 aliphatic rings. The fourth-order valence-corrected chi connectivity index (χ4v) is 8.07. The first-order chi connectivity index (χ1) is 23.8. The Labute approximate surface area is 294 Å². The van der Waals surface area contributed by atoms with Crippen LogP contribution in [-0.4, -0.2) is 113 Å². The average molecular weight is 722 g/mol. The van der Waals surface area contributed by atoms with E-state index in [-0.39, 0.29) is 68.6 Å². The van der Waals surface area contributed by atoms with Crippen LogP contribution in [-0.2, 0) is 33.3 Å². The monoisotopic (exact) mass is 721 g/mol. The maximum Gasteiger partial charge on any atom is 0.420 e. The molecule has 15 heteroatoms. The normalized spacial score (nSPS) is 21.3. The van der Waals surface area contributed by atoms with Crippen molar-refractivity contribution in [3.63, 3.8) is 0 Å². The number of nitrogens with one attached hydrogen (secondary N) is 1. The molecule has 4 heterocycles. The molecule has 3 fully saturated rings. The van der Waals surface area contributed by atoms with Crippen LogP contribution in [0.5, 0.6) is 5.75 Å². The number of benzene rings is 2. The molecule has 4 amide bonds. The summed E-state index contributed by atoms with van der Waals surface area (Å²) < 4.78 is 46.2. The number of aromatic hydroxyl groups is 1. The number of likely N-dealkylation sites (tertiary alicyclic amines) is 1. The Hall–Kier alpha value is -3.59. The number of carbonyl (C=O) groups excluding carboxylic acids is 3. The Morgan fingerprint density at radius 2 is 1.70 bits per heavy atom. The van der Waals surface area contributed by atoms with Crippen molar-refractivity contribution in [3.8, 4) is 5.75 Å². The van der Waals surface area contributed by atoms with Crippen molar-refractivity contribution < 1.29 is 42.0 Å². The Kier molecular flexibility index (Phi) is 10.8.